The van der Waals surface area contributed by atoms with E-state index in [-0.39, 0.29) is 5.82 Å². The van der Waals surface area contributed by atoms with Crippen LogP contribution in [-0.2, 0) is 10.2 Å². The Morgan fingerprint density at radius 3 is 2.32 bits per heavy atom. The van der Waals surface area contributed by atoms with E-state index < -0.39 is 10.2 Å². The lowest BCUT2D eigenvalue weighted by Crippen LogP contribution is -2.29. The Morgan fingerprint density at radius 2 is 1.73 bits per heavy atom. The van der Waals surface area contributed by atoms with Gasteiger partial charge in [0.15, 0.2) is 11.6 Å². The van der Waals surface area contributed by atoms with E-state index in [0.717, 1.165) is 15.6 Å². The highest BCUT2D eigenvalue weighted by Gasteiger charge is 2.14. The number of halogens is 1. The molecule has 22 heavy (non-hydrogen) atoms. The van der Waals surface area contributed by atoms with Gasteiger partial charge in [0.2, 0.25) is 0 Å². The molecule has 0 amide bonds. The Balaban J connectivity index is 2.14. The molecule has 0 saturated heterocycles. The monoisotopic (exact) mass is 341 g/mol. The van der Waals surface area contributed by atoms with Gasteiger partial charge in [-0.1, -0.05) is 17.7 Å². The maximum atomic E-state index is 11.7. The summed E-state index contributed by atoms with van der Waals surface area (Å²) in [4.78, 5) is 0. The second-order valence-corrected chi connectivity index (χ2v) is 7.02. The third-order valence-corrected chi connectivity index (χ3v) is 4.75. The number of anilines is 3. The van der Waals surface area contributed by atoms with Gasteiger partial charge in [-0.3, -0.25) is 4.72 Å². The van der Waals surface area contributed by atoms with Gasteiger partial charge in [-0.2, -0.15) is 12.7 Å². The minimum absolute atomic E-state index is 0.141. The lowest BCUT2D eigenvalue weighted by molar-refractivity contribution is 0.526. The number of benzene rings is 1. The summed E-state index contributed by atoms with van der Waals surface area (Å²) in [6.45, 7) is 1.89. The molecule has 0 bridgehead atoms. The molecule has 2 N–H and O–H groups in total. The molecule has 0 saturated carbocycles. The molecule has 0 aliphatic carbocycles. The molecule has 0 radical (unpaired) electrons. The average molecular weight is 342 g/mol. The first-order valence-electron chi connectivity index (χ1n) is 6.36. The first kappa shape index (κ1) is 16.5. The first-order valence-corrected chi connectivity index (χ1v) is 8.17. The van der Waals surface area contributed by atoms with Crippen LogP contribution in [0.1, 0.15) is 5.56 Å². The molecule has 9 heteroatoms. The van der Waals surface area contributed by atoms with E-state index in [0.29, 0.717) is 10.8 Å². The van der Waals surface area contributed by atoms with E-state index in [2.05, 4.69) is 20.2 Å². The average Bonchev–Trinajstić information content (AvgIpc) is 2.45. The quantitative estimate of drug-likeness (QED) is 0.872. The molecule has 7 nitrogen and oxygen atoms in total. The number of nitrogens with zero attached hydrogens (tertiary/aromatic N) is 3. The van der Waals surface area contributed by atoms with Crippen molar-refractivity contribution in [1.82, 2.24) is 14.5 Å². The third kappa shape index (κ3) is 3.85. The summed E-state index contributed by atoms with van der Waals surface area (Å²) in [6.07, 6.45) is 0. The lowest BCUT2D eigenvalue weighted by Gasteiger charge is -2.13. The summed E-state index contributed by atoms with van der Waals surface area (Å²) in [5.74, 6) is 0.625. The molecule has 0 atom stereocenters. The van der Waals surface area contributed by atoms with Crippen molar-refractivity contribution in [2.24, 2.45) is 0 Å². The number of hydrogen-bond donors (Lipinski definition) is 2. The van der Waals surface area contributed by atoms with Gasteiger partial charge in [-0.05, 0) is 36.8 Å². The minimum atomic E-state index is -3.59. The zero-order valence-corrected chi connectivity index (χ0v) is 13.9. The molecular weight excluding hydrogens is 326 g/mol. The Labute approximate surface area is 134 Å². The van der Waals surface area contributed by atoms with Crippen LogP contribution in [0.3, 0.4) is 0 Å². The molecule has 0 aliphatic heterocycles. The summed E-state index contributed by atoms with van der Waals surface area (Å²) in [5.41, 5.74) is 1.70. The van der Waals surface area contributed by atoms with Crippen molar-refractivity contribution in [3.63, 3.8) is 0 Å². The van der Waals surface area contributed by atoms with Crippen molar-refractivity contribution < 1.29 is 8.42 Å². The van der Waals surface area contributed by atoms with Crippen LogP contribution in [0.15, 0.2) is 30.3 Å². The highest BCUT2D eigenvalue weighted by molar-refractivity contribution is 7.90. The van der Waals surface area contributed by atoms with Gasteiger partial charge in [0, 0.05) is 24.8 Å². The Kier molecular flexibility index (Phi) is 4.84. The van der Waals surface area contributed by atoms with Gasteiger partial charge in [-0.25, -0.2) is 0 Å². The molecular formula is C13H16ClN5O2S. The summed E-state index contributed by atoms with van der Waals surface area (Å²) in [6, 6.07) is 8.64. The SMILES string of the molecule is Cc1c(Cl)cccc1Nc1ccc(NS(=O)(=O)N(C)C)nn1. The Hall–Kier alpha value is -1.90. The highest BCUT2D eigenvalue weighted by atomic mass is 35.5. The standard InChI is InChI=1S/C13H16ClN5O2S/c1-9-10(14)5-4-6-11(9)15-12-7-8-13(17-16-12)18-22(20,21)19(2)3/h4-8H,1-3H3,(H,15,16)(H,17,18). The fourth-order valence-electron chi connectivity index (χ4n) is 1.56. The van der Waals surface area contributed by atoms with Crippen molar-refractivity contribution in [3.8, 4) is 0 Å². The Morgan fingerprint density at radius 1 is 1.09 bits per heavy atom. The van der Waals surface area contributed by atoms with Crippen LogP contribution < -0.4 is 10.0 Å². The molecule has 2 rings (SSSR count). The van der Waals surface area contributed by atoms with E-state index in [1.807, 2.05) is 19.1 Å². The Bertz CT molecular complexity index is 762. The van der Waals surface area contributed by atoms with E-state index >= 15 is 0 Å². The van der Waals surface area contributed by atoms with Crippen molar-refractivity contribution in [3.05, 3.63) is 40.9 Å². The summed E-state index contributed by atoms with van der Waals surface area (Å²) >= 11 is 6.05. The smallest absolute Gasteiger partial charge is 0.302 e. The van der Waals surface area contributed by atoms with Crippen LogP contribution in [0.4, 0.5) is 17.3 Å². The second-order valence-electron chi connectivity index (χ2n) is 4.73. The van der Waals surface area contributed by atoms with E-state index in [1.165, 1.54) is 20.2 Å². The number of hydrogen-bond acceptors (Lipinski definition) is 5. The van der Waals surface area contributed by atoms with Crippen LogP contribution >= 0.6 is 11.6 Å². The van der Waals surface area contributed by atoms with Gasteiger partial charge in [0.05, 0.1) is 0 Å². The largest absolute Gasteiger partial charge is 0.338 e. The van der Waals surface area contributed by atoms with Crippen LogP contribution in [-0.4, -0.2) is 37.0 Å². The summed E-state index contributed by atoms with van der Waals surface area (Å²) in [5, 5.41) is 11.5. The second kappa shape index (κ2) is 6.47. The third-order valence-electron chi connectivity index (χ3n) is 2.91. The van der Waals surface area contributed by atoms with Crippen molar-refractivity contribution in [2.45, 2.75) is 6.92 Å². The van der Waals surface area contributed by atoms with Crippen LogP contribution in [0.25, 0.3) is 0 Å². The van der Waals surface area contributed by atoms with Crippen molar-refractivity contribution >= 4 is 39.1 Å². The van der Waals surface area contributed by atoms with Gasteiger partial charge < -0.3 is 5.32 Å². The van der Waals surface area contributed by atoms with E-state index in [4.69, 9.17) is 11.6 Å². The molecule has 1 aromatic carbocycles. The normalized spacial score (nSPS) is 11.5. The van der Waals surface area contributed by atoms with Gasteiger partial charge >= 0.3 is 10.2 Å². The highest BCUT2D eigenvalue weighted by Crippen LogP contribution is 2.25. The molecule has 2 aromatic rings. The zero-order valence-electron chi connectivity index (χ0n) is 12.3. The van der Waals surface area contributed by atoms with Crippen LogP contribution in [0, 0.1) is 6.92 Å². The predicted octanol–water partition coefficient (Wildman–Crippen LogP) is 2.40. The fraction of sp³-hybridized carbons (Fsp3) is 0.231. The summed E-state index contributed by atoms with van der Waals surface area (Å²) < 4.78 is 26.7. The molecule has 1 aromatic heterocycles. The maximum absolute atomic E-state index is 11.7. The number of rotatable bonds is 5. The number of aromatic nitrogens is 2. The molecule has 0 fully saturated rings. The van der Waals surface area contributed by atoms with Gasteiger partial charge in [0.1, 0.15) is 0 Å². The van der Waals surface area contributed by atoms with E-state index in [9.17, 15) is 8.42 Å². The van der Waals surface area contributed by atoms with Crippen molar-refractivity contribution in [2.75, 3.05) is 24.1 Å². The fourth-order valence-corrected chi connectivity index (χ4v) is 2.29. The topological polar surface area (TPSA) is 87.2 Å². The minimum Gasteiger partial charge on any atom is -0.338 e. The van der Waals surface area contributed by atoms with Crippen molar-refractivity contribution in [1.29, 1.82) is 0 Å². The molecule has 118 valence electrons. The van der Waals surface area contributed by atoms with Gasteiger partial charge in [0.25, 0.3) is 0 Å². The first-order chi connectivity index (χ1) is 10.3. The predicted molar refractivity (Wildman–Crippen MR) is 87.7 cm³/mol. The molecule has 0 unspecified atom stereocenters. The zero-order chi connectivity index (χ0) is 16.3. The summed E-state index contributed by atoms with van der Waals surface area (Å²) in [7, 11) is -0.744. The van der Waals surface area contributed by atoms with Crippen LogP contribution in [0.2, 0.25) is 5.02 Å². The molecule has 0 aliphatic rings. The van der Waals surface area contributed by atoms with E-state index in [1.54, 1.807) is 12.1 Å². The number of nitrogens with one attached hydrogen (secondary N) is 2. The van der Waals surface area contributed by atoms with Gasteiger partial charge in [-0.15, -0.1) is 10.2 Å². The molecule has 0 spiro atoms. The lowest BCUT2D eigenvalue weighted by atomic mass is 10.2. The van der Waals surface area contributed by atoms with Crippen LogP contribution in [0.5, 0.6) is 0 Å². The molecule has 1 heterocycles. The maximum Gasteiger partial charge on any atom is 0.302 e.